The molecule has 2 N–H and O–H groups in total. The molecule has 0 radical (unpaired) electrons. The topological polar surface area (TPSA) is 24.1 Å². The summed E-state index contributed by atoms with van der Waals surface area (Å²) in [4.78, 5) is 0. The van der Waals surface area contributed by atoms with Crippen molar-refractivity contribution in [2.24, 2.45) is 5.92 Å². The Morgan fingerprint density at radius 2 is 2.17 bits per heavy atom. The lowest BCUT2D eigenvalue weighted by atomic mass is 10.00. The second kappa shape index (κ2) is 8.06. The zero-order valence-corrected chi connectivity index (χ0v) is 11.1. The van der Waals surface area contributed by atoms with E-state index in [1.807, 2.05) is 0 Å². The first-order valence-electron chi connectivity index (χ1n) is 7.08. The summed E-state index contributed by atoms with van der Waals surface area (Å²) in [5, 5.41) is 7.00. The minimum atomic E-state index is 0.830. The van der Waals surface area contributed by atoms with Crippen LogP contribution in [0.1, 0.15) is 24.8 Å². The fourth-order valence-corrected chi connectivity index (χ4v) is 2.37. The summed E-state index contributed by atoms with van der Waals surface area (Å²) in [5.74, 6) is 0.830. The van der Waals surface area contributed by atoms with E-state index in [1.165, 1.54) is 31.5 Å². The third-order valence-electron chi connectivity index (χ3n) is 3.43. The van der Waals surface area contributed by atoms with Crippen LogP contribution in [0.25, 0.3) is 6.08 Å². The van der Waals surface area contributed by atoms with Crippen LogP contribution in [0.4, 0.5) is 0 Å². The fourth-order valence-electron chi connectivity index (χ4n) is 2.37. The van der Waals surface area contributed by atoms with Gasteiger partial charge in [-0.05, 0) is 56.9 Å². The van der Waals surface area contributed by atoms with Crippen LogP contribution in [-0.4, -0.2) is 26.2 Å². The van der Waals surface area contributed by atoms with Crippen molar-refractivity contribution < 1.29 is 0 Å². The molecule has 1 aliphatic heterocycles. The molecular formula is C16H24N2. The maximum atomic E-state index is 3.55. The minimum Gasteiger partial charge on any atom is -0.316 e. The van der Waals surface area contributed by atoms with Crippen molar-refractivity contribution in [2.75, 3.05) is 26.2 Å². The highest BCUT2D eigenvalue weighted by atomic mass is 14.9. The van der Waals surface area contributed by atoms with Gasteiger partial charge >= 0.3 is 0 Å². The number of hydrogen-bond donors (Lipinski definition) is 2. The Kier molecular flexibility index (Phi) is 5.97. The number of rotatable bonds is 6. The monoisotopic (exact) mass is 244 g/mol. The lowest BCUT2D eigenvalue weighted by molar-refractivity contribution is 0.361. The van der Waals surface area contributed by atoms with Crippen molar-refractivity contribution in [3.63, 3.8) is 0 Å². The molecule has 98 valence electrons. The van der Waals surface area contributed by atoms with Crippen LogP contribution in [0.2, 0.25) is 0 Å². The lowest BCUT2D eigenvalue weighted by Gasteiger charge is -2.22. The Morgan fingerprint density at radius 1 is 1.28 bits per heavy atom. The average Bonchev–Trinajstić information content (AvgIpc) is 2.45. The van der Waals surface area contributed by atoms with Gasteiger partial charge in [-0.25, -0.2) is 0 Å². The molecule has 1 aliphatic rings. The molecule has 0 spiro atoms. The van der Waals surface area contributed by atoms with Crippen LogP contribution in [-0.2, 0) is 0 Å². The summed E-state index contributed by atoms with van der Waals surface area (Å²) < 4.78 is 0. The molecule has 0 saturated carbocycles. The Hall–Kier alpha value is -1.12. The highest BCUT2D eigenvalue weighted by Crippen LogP contribution is 2.08. The first-order valence-corrected chi connectivity index (χ1v) is 7.08. The van der Waals surface area contributed by atoms with Gasteiger partial charge < -0.3 is 10.6 Å². The van der Waals surface area contributed by atoms with Crippen molar-refractivity contribution in [3.05, 3.63) is 42.0 Å². The predicted molar refractivity (Wildman–Crippen MR) is 78.6 cm³/mol. The van der Waals surface area contributed by atoms with Crippen molar-refractivity contribution in [2.45, 2.75) is 19.3 Å². The first-order chi connectivity index (χ1) is 8.95. The second-order valence-corrected chi connectivity index (χ2v) is 5.02. The fraction of sp³-hybridized carbons (Fsp3) is 0.500. The van der Waals surface area contributed by atoms with Gasteiger partial charge in [0.05, 0.1) is 0 Å². The second-order valence-electron chi connectivity index (χ2n) is 5.02. The zero-order chi connectivity index (χ0) is 12.5. The molecule has 1 heterocycles. The van der Waals surface area contributed by atoms with Gasteiger partial charge in [-0.15, -0.1) is 0 Å². The van der Waals surface area contributed by atoms with E-state index in [0.29, 0.717) is 0 Å². The number of hydrogen-bond acceptors (Lipinski definition) is 2. The van der Waals surface area contributed by atoms with Crippen molar-refractivity contribution in [1.82, 2.24) is 10.6 Å². The maximum absolute atomic E-state index is 3.55. The standard InChI is InChI=1S/C16H24N2/c1-2-7-15(8-3-1)9-4-5-11-17-13-16-10-6-12-18-14-16/h1-4,7-9,16-18H,5-6,10-14H2/b9-4+/t16-/m1/s1. The van der Waals surface area contributed by atoms with Gasteiger partial charge in [-0.2, -0.15) is 0 Å². The van der Waals surface area contributed by atoms with E-state index in [2.05, 4.69) is 53.1 Å². The van der Waals surface area contributed by atoms with E-state index >= 15 is 0 Å². The molecule has 0 amide bonds. The van der Waals surface area contributed by atoms with Crippen LogP contribution in [0, 0.1) is 5.92 Å². The Balaban J connectivity index is 1.54. The van der Waals surface area contributed by atoms with E-state index in [-0.39, 0.29) is 0 Å². The smallest absolute Gasteiger partial charge is 0.000825 e. The molecule has 0 aromatic heterocycles. The van der Waals surface area contributed by atoms with Gasteiger partial charge in [-0.3, -0.25) is 0 Å². The number of piperidine rings is 1. The SMILES string of the molecule is C(=C\c1ccccc1)/CCNC[C@H]1CCCNC1. The molecular weight excluding hydrogens is 220 g/mol. The first kappa shape index (κ1) is 13.3. The molecule has 2 heteroatoms. The van der Waals surface area contributed by atoms with Gasteiger partial charge in [0, 0.05) is 0 Å². The molecule has 0 bridgehead atoms. The Bertz CT molecular complexity index is 339. The zero-order valence-electron chi connectivity index (χ0n) is 11.1. The largest absolute Gasteiger partial charge is 0.316 e. The summed E-state index contributed by atoms with van der Waals surface area (Å²) in [6.45, 7) is 4.63. The van der Waals surface area contributed by atoms with Crippen LogP contribution in [0.5, 0.6) is 0 Å². The van der Waals surface area contributed by atoms with Crippen molar-refractivity contribution in [1.29, 1.82) is 0 Å². The maximum Gasteiger partial charge on any atom is -0.000825 e. The molecule has 2 nitrogen and oxygen atoms in total. The van der Waals surface area contributed by atoms with Crippen LogP contribution < -0.4 is 10.6 Å². The molecule has 18 heavy (non-hydrogen) atoms. The Morgan fingerprint density at radius 3 is 2.94 bits per heavy atom. The number of nitrogens with one attached hydrogen (secondary N) is 2. The summed E-state index contributed by atoms with van der Waals surface area (Å²) >= 11 is 0. The van der Waals surface area contributed by atoms with Gasteiger partial charge in [0.1, 0.15) is 0 Å². The highest BCUT2D eigenvalue weighted by Gasteiger charge is 2.11. The molecule has 0 aliphatic carbocycles. The summed E-state index contributed by atoms with van der Waals surface area (Å²) in [7, 11) is 0. The van der Waals surface area contributed by atoms with E-state index in [9.17, 15) is 0 Å². The van der Waals surface area contributed by atoms with Gasteiger partial charge in [0.15, 0.2) is 0 Å². The van der Waals surface area contributed by atoms with E-state index in [4.69, 9.17) is 0 Å². The lowest BCUT2D eigenvalue weighted by Crippen LogP contribution is -2.36. The third kappa shape index (κ3) is 5.03. The van der Waals surface area contributed by atoms with E-state index in [1.54, 1.807) is 0 Å². The van der Waals surface area contributed by atoms with E-state index in [0.717, 1.165) is 25.4 Å². The molecule has 1 fully saturated rings. The van der Waals surface area contributed by atoms with Gasteiger partial charge in [-0.1, -0.05) is 42.5 Å². The minimum absolute atomic E-state index is 0.830. The highest BCUT2D eigenvalue weighted by molar-refractivity contribution is 5.48. The van der Waals surface area contributed by atoms with Crippen molar-refractivity contribution in [3.8, 4) is 0 Å². The average molecular weight is 244 g/mol. The summed E-state index contributed by atoms with van der Waals surface area (Å²) in [6, 6.07) is 10.5. The molecule has 1 saturated heterocycles. The Labute approximate surface area is 110 Å². The van der Waals surface area contributed by atoms with Gasteiger partial charge in [0.2, 0.25) is 0 Å². The summed E-state index contributed by atoms with van der Waals surface area (Å²) in [5.41, 5.74) is 1.29. The molecule has 0 unspecified atom stereocenters. The third-order valence-corrected chi connectivity index (χ3v) is 3.43. The van der Waals surface area contributed by atoms with Crippen LogP contribution in [0.15, 0.2) is 36.4 Å². The van der Waals surface area contributed by atoms with Crippen molar-refractivity contribution >= 4 is 6.08 Å². The molecule has 1 atom stereocenters. The predicted octanol–water partition coefficient (Wildman–Crippen LogP) is 2.68. The molecule has 1 aromatic carbocycles. The quantitative estimate of drug-likeness (QED) is 0.752. The summed E-state index contributed by atoms with van der Waals surface area (Å²) in [6.07, 6.45) is 8.26. The normalized spacial score (nSPS) is 20.3. The molecule has 1 aromatic rings. The van der Waals surface area contributed by atoms with Crippen LogP contribution >= 0.6 is 0 Å². The van der Waals surface area contributed by atoms with E-state index < -0.39 is 0 Å². The van der Waals surface area contributed by atoms with Gasteiger partial charge in [0.25, 0.3) is 0 Å². The molecule has 2 rings (SSSR count). The number of benzene rings is 1. The van der Waals surface area contributed by atoms with Crippen LogP contribution in [0.3, 0.4) is 0 Å².